The molecule has 0 saturated heterocycles. The molecule has 1 atom stereocenters. The number of phenolic OH excluding ortho intramolecular Hbond substituents is 1. The average Bonchev–Trinajstić information content (AvgIpc) is 3.12. The van der Waals surface area contributed by atoms with Gasteiger partial charge in [0.05, 0.1) is 10.0 Å². The highest BCUT2D eigenvalue weighted by Crippen LogP contribution is 2.41. The quantitative estimate of drug-likeness (QED) is 0.603. The van der Waals surface area contributed by atoms with Gasteiger partial charge in [-0.1, -0.05) is 41.4 Å². The maximum atomic E-state index is 12.8. The van der Waals surface area contributed by atoms with Gasteiger partial charge in [0.25, 0.3) is 0 Å². The molecule has 0 amide bonds. The Balaban J connectivity index is 1.69. The Hall–Kier alpha value is -2.83. The number of aromatic nitrogens is 3. The molecule has 146 valence electrons. The second kappa shape index (κ2) is 6.90. The smallest absolute Gasteiger partial charge is 0.226 e. The van der Waals surface area contributed by atoms with Crippen molar-refractivity contribution in [2.45, 2.75) is 25.3 Å². The van der Waals surface area contributed by atoms with Crippen LogP contribution in [0.3, 0.4) is 0 Å². The second-order valence-corrected chi connectivity index (χ2v) is 7.94. The number of allylic oxidation sites excluding steroid dienone is 2. The van der Waals surface area contributed by atoms with Crippen molar-refractivity contribution < 1.29 is 9.90 Å². The number of anilines is 1. The number of nitrogens with one attached hydrogen (secondary N) is 1. The highest BCUT2D eigenvalue weighted by molar-refractivity contribution is 6.42. The third-order valence-corrected chi connectivity index (χ3v) is 5.97. The maximum Gasteiger partial charge on any atom is 0.226 e. The minimum absolute atomic E-state index is 0.0925. The molecule has 6 nitrogen and oxygen atoms in total. The Bertz CT molecular complexity index is 1190. The second-order valence-electron chi connectivity index (χ2n) is 7.12. The predicted molar refractivity (Wildman–Crippen MR) is 111 cm³/mol. The minimum Gasteiger partial charge on any atom is -0.508 e. The number of fused-ring (bicyclic) bond motifs is 1. The number of halogens is 2. The Morgan fingerprint density at radius 1 is 1.10 bits per heavy atom. The lowest BCUT2D eigenvalue weighted by Gasteiger charge is -2.32. The molecule has 1 unspecified atom stereocenters. The fourth-order valence-corrected chi connectivity index (χ4v) is 4.22. The van der Waals surface area contributed by atoms with Crippen LogP contribution in [-0.4, -0.2) is 25.7 Å². The Labute approximate surface area is 176 Å². The third kappa shape index (κ3) is 3.09. The number of nitrogens with zero attached hydrogens (tertiary/aromatic N) is 3. The van der Waals surface area contributed by atoms with E-state index in [0.717, 1.165) is 24.1 Å². The molecule has 2 heterocycles. The van der Waals surface area contributed by atoms with E-state index in [1.54, 1.807) is 35.0 Å². The summed E-state index contributed by atoms with van der Waals surface area (Å²) < 4.78 is 1.71. The Morgan fingerprint density at radius 2 is 1.97 bits per heavy atom. The van der Waals surface area contributed by atoms with Crippen molar-refractivity contribution in [2.24, 2.45) is 0 Å². The van der Waals surface area contributed by atoms with Crippen molar-refractivity contribution in [1.82, 2.24) is 14.8 Å². The first-order valence-electron chi connectivity index (χ1n) is 9.25. The first-order chi connectivity index (χ1) is 14.0. The maximum absolute atomic E-state index is 12.8. The van der Waals surface area contributed by atoms with Crippen LogP contribution in [0.2, 0.25) is 10.0 Å². The number of carbonyl (C=O) groups excluding carboxylic acids is 1. The van der Waals surface area contributed by atoms with Gasteiger partial charge in [-0.25, -0.2) is 4.68 Å². The van der Waals surface area contributed by atoms with E-state index >= 15 is 0 Å². The average molecular weight is 427 g/mol. The molecule has 2 aliphatic rings. The lowest BCUT2D eigenvalue weighted by atomic mass is 9.85. The third-order valence-electron chi connectivity index (χ3n) is 5.23. The van der Waals surface area contributed by atoms with E-state index in [0.29, 0.717) is 39.4 Å². The zero-order chi connectivity index (χ0) is 20.1. The molecule has 5 rings (SSSR count). The van der Waals surface area contributed by atoms with Gasteiger partial charge in [0.2, 0.25) is 5.95 Å². The largest absolute Gasteiger partial charge is 0.508 e. The van der Waals surface area contributed by atoms with Gasteiger partial charge in [-0.15, -0.1) is 5.10 Å². The van der Waals surface area contributed by atoms with Gasteiger partial charge in [-0.3, -0.25) is 4.79 Å². The number of ketones is 1. The van der Waals surface area contributed by atoms with Gasteiger partial charge in [-0.2, -0.15) is 4.98 Å². The summed E-state index contributed by atoms with van der Waals surface area (Å²) in [4.78, 5) is 17.5. The zero-order valence-electron chi connectivity index (χ0n) is 15.2. The Kier molecular flexibility index (Phi) is 4.33. The molecule has 0 fully saturated rings. The molecular weight excluding hydrogens is 411 g/mol. The van der Waals surface area contributed by atoms with Crippen molar-refractivity contribution in [3.8, 4) is 17.1 Å². The topological polar surface area (TPSA) is 80.0 Å². The number of benzene rings is 2. The summed E-state index contributed by atoms with van der Waals surface area (Å²) >= 11 is 12.4. The number of hydrogen-bond donors (Lipinski definition) is 2. The molecule has 0 bridgehead atoms. The van der Waals surface area contributed by atoms with Crippen LogP contribution in [0, 0.1) is 0 Å². The normalized spacial score (nSPS) is 18.3. The van der Waals surface area contributed by atoms with E-state index in [-0.39, 0.29) is 11.5 Å². The highest BCUT2D eigenvalue weighted by Gasteiger charge is 2.37. The summed E-state index contributed by atoms with van der Waals surface area (Å²) in [6, 6.07) is 11.7. The summed E-state index contributed by atoms with van der Waals surface area (Å²) in [5.74, 6) is 1.24. The molecule has 0 radical (unpaired) electrons. The molecular formula is C21H16Cl2N4O2. The summed E-state index contributed by atoms with van der Waals surface area (Å²) in [7, 11) is 0. The highest BCUT2D eigenvalue weighted by atomic mass is 35.5. The number of aromatic hydroxyl groups is 1. The van der Waals surface area contributed by atoms with Crippen molar-refractivity contribution in [1.29, 1.82) is 0 Å². The molecule has 1 aliphatic heterocycles. The predicted octanol–water partition coefficient (Wildman–Crippen LogP) is 4.98. The van der Waals surface area contributed by atoms with Crippen molar-refractivity contribution in [3.05, 3.63) is 69.3 Å². The monoisotopic (exact) mass is 426 g/mol. The minimum atomic E-state index is -0.442. The molecule has 29 heavy (non-hydrogen) atoms. The molecule has 1 aromatic heterocycles. The van der Waals surface area contributed by atoms with Gasteiger partial charge in [0.1, 0.15) is 11.8 Å². The van der Waals surface area contributed by atoms with Crippen LogP contribution in [-0.2, 0) is 4.79 Å². The van der Waals surface area contributed by atoms with Gasteiger partial charge < -0.3 is 10.4 Å². The van der Waals surface area contributed by atoms with Crippen LogP contribution in [0.5, 0.6) is 5.75 Å². The van der Waals surface area contributed by atoms with Crippen LogP contribution in [0.1, 0.15) is 30.9 Å². The van der Waals surface area contributed by atoms with Crippen LogP contribution < -0.4 is 5.32 Å². The van der Waals surface area contributed by atoms with Gasteiger partial charge in [0.15, 0.2) is 11.6 Å². The molecule has 0 spiro atoms. The van der Waals surface area contributed by atoms with Crippen LogP contribution in [0.25, 0.3) is 11.4 Å². The molecule has 3 aromatic rings. The molecule has 8 heteroatoms. The first-order valence-corrected chi connectivity index (χ1v) is 10.0. The van der Waals surface area contributed by atoms with Crippen molar-refractivity contribution >= 4 is 34.9 Å². The SMILES string of the molecule is O=C1CCCC2=C1C(c1ccc(Cl)c(Cl)c1)n1nc(-c3cccc(O)c3)nc1N2. The summed E-state index contributed by atoms with van der Waals surface area (Å²) in [5, 5.41) is 18.6. The van der Waals surface area contributed by atoms with E-state index in [4.69, 9.17) is 23.2 Å². The molecule has 2 N–H and O–H groups in total. The van der Waals surface area contributed by atoms with Gasteiger partial charge >= 0.3 is 0 Å². The van der Waals surface area contributed by atoms with E-state index in [1.807, 2.05) is 12.1 Å². The number of rotatable bonds is 2. The summed E-state index contributed by atoms with van der Waals surface area (Å²) in [5.41, 5.74) is 3.07. The fraction of sp³-hybridized carbons (Fsp3) is 0.190. The van der Waals surface area contributed by atoms with Crippen LogP contribution in [0.4, 0.5) is 5.95 Å². The molecule has 1 aliphatic carbocycles. The lowest BCUT2D eigenvalue weighted by Crippen LogP contribution is -2.31. The van der Waals surface area contributed by atoms with Crippen molar-refractivity contribution in [3.63, 3.8) is 0 Å². The van der Waals surface area contributed by atoms with E-state index in [1.165, 1.54) is 0 Å². The van der Waals surface area contributed by atoms with Crippen LogP contribution >= 0.6 is 23.2 Å². The number of hydrogen-bond acceptors (Lipinski definition) is 5. The van der Waals surface area contributed by atoms with E-state index in [2.05, 4.69) is 15.4 Å². The Morgan fingerprint density at radius 3 is 2.76 bits per heavy atom. The standard InChI is InChI=1S/C21H16Cl2N4O2/c22-14-8-7-11(10-15(14)23)19-18-16(5-2-6-17(18)29)24-21-25-20(26-27(19)21)12-3-1-4-13(28)9-12/h1,3-4,7-10,19,28H,2,5-6H2,(H,24,25,26). The summed E-state index contributed by atoms with van der Waals surface area (Å²) in [6.45, 7) is 0. The van der Waals surface area contributed by atoms with Gasteiger partial charge in [0, 0.05) is 23.3 Å². The fourth-order valence-electron chi connectivity index (χ4n) is 3.91. The molecule has 0 saturated carbocycles. The van der Waals surface area contributed by atoms with Gasteiger partial charge in [-0.05, 0) is 42.7 Å². The summed E-state index contributed by atoms with van der Waals surface area (Å²) in [6.07, 6.45) is 2.07. The lowest BCUT2D eigenvalue weighted by molar-refractivity contribution is -0.116. The van der Waals surface area contributed by atoms with Crippen molar-refractivity contribution in [2.75, 3.05) is 5.32 Å². The first kappa shape index (κ1) is 18.2. The van der Waals surface area contributed by atoms with Crippen LogP contribution in [0.15, 0.2) is 53.7 Å². The molecule has 2 aromatic carbocycles. The van der Waals surface area contributed by atoms with E-state index in [9.17, 15) is 9.90 Å². The number of carbonyl (C=O) groups is 1. The van der Waals surface area contributed by atoms with E-state index < -0.39 is 6.04 Å². The number of phenols is 1. The number of Topliss-reactive ketones (excluding diaryl/α,β-unsaturated/α-hetero) is 1. The zero-order valence-corrected chi connectivity index (χ0v) is 16.7.